The number of carbonyl (C=O) groups is 2. The van der Waals surface area contributed by atoms with Crippen LogP contribution in [0.4, 0.5) is 0 Å². The Labute approximate surface area is 117 Å². The molecule has 0 aromatic carbocycles. The maximum Gasteiger partial charge on any atom is 0.331 e. The van der Waals surface area contributed by atoms with Crippen molar-refractivity contribution in [3.05, 3.63) is 0 Å². The van der Waals surface area contributed by atoms with Gasteiger partial charge in [-0.15, -0.1) is 0 Å². The lowest BCUT2D eigenvalue weighted by atomic mass is 9.80. The summed E-state index contributed by atoms with van der Waals surface area (Å²) in [6.45, 7) is 12.1. The third-order valence-corrected chi connectivity index (χ3v) is 3.77. The highest BCUT2D eigenvalue weighted by Crippen LogP contribution is 2.28. The van der Waals surface area contributed by atoms with E-state index < -0.39 is 5.54 Å². The first-order chi connectivity index (χ1) is 8.56. The lowest BCUT2D eigenvalue weighted by Gasteiger charge is -2.31. The van der Waals surface area contributed by atoms with Crippen LogP contribution in [0.2, 0.25) is 0 Å². The fourth-order valence-corrected chi connectivity index (χ4v) is 1.88. The Morgan fingerprint density at radius 3 is 2.11 bits per heavy atom. The molecule has 4 heteroatoms. The van der Waals surface area contributed by atoms with Gasteiger partial charge in [-0.05, 0) is 24.7 Å². The van der Waals surface area contributed by atoms with Gasteiger partial charge in [-0.1, -0.05) is 41.0 Å². The number of rotatable bonds is 6. The molecule has 4 nitrogen and oxygen atoms in total. The lowest BCUT2D eigenvalue weighted by molar-refractivity contribution is -0.150. The Morgan fingerprint density at radius 1 is 1.21 bits per heavy atom. The largest absolute Gasteiger partial charge is 0.467 e. The Bertz CT molecular complexity index is 320. The van der Waals surface area contributed by atoms with E-state index in [0.717, 1.165) is 6.42 Å². The van der Waals surface area contributed by atoms with E-state index in [2.05, 4.69) is 33.0 Å². The number of methoxy groups -OCH3 is 1. The maximum atomic E-state index is 12.1. The molecule has 0 aliphatic heterocycles. The normalized spacial score (nSPS) is 16.4. The molecular formula is C15H29NO3. The first-order valence-electron chi connectivity index (χ1n) is 6.96. The zero-order valence-corrected chi connectivity index (χ0v) is 13.4. The number of nitrogens with one attached hydrogen (secondary N) is 1. The van der Waals surface area contributed by atoms with Crippen molar-refractivity contribution in [3.8, 4) is 0 Å². The second kappa shape index (κ2) is 6.92. The van der Waals surface area contributed by atoms with Crippen LogP contribution in [-0.2, 0) is 14.3 Å². The minimum atomic E-state index is -0.918. The Morgan fingerprint density at radius 2 is 1.74 bits per heavy atom. The average Bonchev–Trinajstić information content (AvgIpc) is 2.26. The van der Waals surface area contributed by atoms with Gasteiger partial charge in [-0.3, -0.25) is 4.79 Å². The molecule has 0 aliphatic rings. The van der Waals surface area contributed by atoms with E-state index >= 15 is 0 Å². The SMILES string of the molecule is CCCC(C)(NC(=O)CC(C)C(C)(C)C)C(=O)OC. The van der Waals surface area contributed by atoms with E-state index in [0.29, 0.717) is 12.8 Å². The molecule has 0 radical (unpaired) electrons. The number of hydrogen-bond acceptors (Lipinski definition) is 3. The molecule has 2 unspecified atom stereocenters. The van der Waals surface area contributed by atoms with E-state index in [9.17, 15) is 9.59 Å². The fraction of sp³-hybridized carbons (Fsp3) is 0.867. The van der Waals surface area contributed by atoms with E-state index in [-0.39, 0.29) is 23.2 Å². The van der Waals surface area contributed by atoms with Crippen LogP contribution in [0.1, 0.15) is 60.8 Å². The molecule has 0 saturated carbocycles. The van der Waals surface area contributed by atoms with Crippen molar-refractivity contribution in [2.24, 2.45) is 11.3 Å². The minimum Gasteiger partial charge on any atom is -0.467 e. The minimum absolute atomic E-state index is 0.0732. The predicted molar refractivity (Wildman–Crippen MR) is 76.7 cm³/mol. The van der Waals surface area contributed by atoms with Crippen molar-refractivity contribution in [1.82, 2.24) is 5.32 Å². The van der Waals surface area contributed by atoms with E-state index in [1.807, 2.05) is 6.92 Å². The second-order valence-electron chi connectivity index (χ2n) is 6.59. The Hall–Kier alpha value is -1.06. The molecular weight excluding hydrogens is 242 g/mol. The number of ether oxygens (including phenoxy) is 1. The highest BCUT2D eigenvalue weighted by molar-refractivity contribution is 5.87. The summed E-state index contributed by atoms with van der Waals surface area (Å²) in [5.41, 5.74) is -0.845. The third-order valence-electron chi connectivity index (χ3n) is 3.77. The van der Waals surface area contributed by atoms with Gasteiger partial charge < -0.3 is 10.1 Å². The number of amides is 1. The molecule has 0 rings (SSSR count). The number of carbonyl (C=O) groups excluding carboxylic acids is 2. The highest BCUT2D eigenvalue weighted by Gasteiger charge is 2.35. The van der Waals surface area contributed by atoms with Gasteiger partial charge in [0, 0.05) is 6.42 Å². The highest BCUT2D eigenvalue weighted by atomic mass is 16.5. The molecule has 0 heterocycles. The van der Waals surface area contributed by atoms with Gasteiger partial charge in [0.25, 0.3) is 0 Å². The van der Waals surface area contributed by atoms with Gasteiger partial charge in [0.1, 0.15) is 5.54 Å². The van der Waals surface area contributed by atoms with Crippen molar-refractivity contribution >= 4 is 11.9 Å². The third kappa shape index (κ3) is 5.62. The van der Waals surface area contributed by atoms with Crippen LogP contribution in [0.3, 0.4) is 0 Å². The first-order valence-corrected chi connectivity index (χ1v) is 6.96. The first kappa shape index (κ1) is 17.9. The van der Waals surface area contributed by atoms with Crippen LogP contribution in [-0.4, -0.2) is 24.5 Å². The van der Waals surface area contributed by atoms with E-state index in [1.54, 1.807) is 6.92 Å². The monoisotopic (exact) mass is 271 g/mol. The molecule has 1 amide bonds. The Kier molecular flexibility index (Phi) is 6.53. The van der Waals surface area contributed by atoms with Crippen LogP contribution >= 0.6 is 0 Å². The topological polar surface area (TPSA) is 55.4 Å². The summed E-state index contributed by atoms with van der Waals surface area (Å²) >= 11 is 0. The van der Waals surface area contributed by atoms with Gasteiger partial charge in [0.2, 0.25) is 5.91 Å². The van der Waals surface area contributed by atoms with Crippen molar-refractivity contribution in [1.29, 1.82) is 0 Å². The standard InChI is InChI=1S/C15H29NO3/c1-8-9-15(6,13(18)19-7)16-12(17)10-11(2)14(3,4)5/h11H,8-10H2,1-7H3,(H,16,17). The summed E-state index contributed by atoms with van der Waals surface area (Å²) in [5, 5.41) is 2.83. The zero-order chi connectivity index (χ0) is 15.3. The molecule has 0 spiro atoms. The average molecular weight is 271 g/mol. The van der Waals surface area contributed by atoms with Crippen molar-refractivity contribution < 1.29 is 14.3 Å². The lowest BCUT2D eigenvalue weighted by Crippen LogP contribution is -2.53. The van der Waals surface area contributed by atoms with E-state index in [4.69, 9.17) is 4.74 Å². The van der Waals surface area contributed by atoms with Crippen molar-refractivity contribution in [2.75, 3.05) is 7.11 Å². The summed E-state index contributed by atoms with van der Waals surface area (Å²) < 4.78 is 4.79. The summed E-state index contributed by atoms with van der Waals surface area (Å²) in [6.07, 6.45) is 1.80. The second-order valence-corrected chi connectivity index (χ2v) is 6.59. The van der Waals surface area contributed by atoms with Gasteiger partial charge in [0.15, 0.2) is 0 Å². The molecule has 0 aliphatic carbocycles. The van der Waals surface area contributed by atoms with Crippen molar-refractivity contribution in [2.45, 2.75) is 66.3 Å². The molecule has 0 fully saturated rings. The summed E-state index contributed by atoms with van der Waals surface area (Å²) in [5.74, 6) is -0.231. The van der Waals surface area contributed by atoms with E-state index in [1.165, 1.54) is 7.11 Å². The van der Waals surface area contributed by atoms with Crippen LogP contribution < -0.4 is 5.32 Å². The molecule has 0 aromatic rings. The quantitative estimate of drug-likeness (QED) is 0.756. The number of esters is 1. The van der Waals surface area contributed by atoms with Gasteiger partial charge in [-0.25, -0.2) is 4.79 Å². The summed E-state index contributed by atoms with van der Waals surface area (Å²) in [4.78, 5) is 23.9. The zero-order valence-electron chi connectivity index (χ0n) is 13.4. The summed E-state index contributed by atoms with van der Waals surface area (Å²) in [6, 6.07) is 0. The van der Waals surface area contributed by atoms with Gasteiger partial charge in [0.05, 0.1) is 7.11 Å². The van der Waals surface area contributed by atoms with Crippen LogP contribution in [0.25, 0.3) is 0 Å². The number of hydrogen-bond donors (Lipinski definition) is 1. The van der Waals surface area contributed by atoms with Gasteiger partial charge >= 0.3 is 5.97 Å². The summed E-state index contributed by atoms with van der Waals surface area (Å²) in [7, 11) is 1.35. The van der Waals surface area contributed by atoms with Crippen LogP contribution in [0.5, 0.6) is 0 Å². The Balaban J connectivity index is 4.70. The van der Waals surface area contributed by atoms with Crippen LogP contribution in [0.15, 0.2) is 0 Å². The van der Waals surface area contributed by atoms with Crippen molar-refractivity contribution in [3.63, 3.8) is 0 Å². The fourth-order valence-electron chi connectivity index (χ4n) is 1.88. The van der Waals surface area contributed by atoms with Crippen LogP contribution in [0, 0.1) is 11.3 Å². The molecule has 2 atom stereocenters. The predicted octanol–water partition coefficient (Wildman–Crippen LogP) is 2.91. The smallest absolute Gasteiger partial charge is 0.331 e. The molecule has 19 heavy (non-hydrogen) atoms. The molecule has 112 valence electrons. The molecule has 1 N–H and O–H groups in total. The molecule has 0 aromatic heterocycles. The van der Waals surface area contributed by atoms with Gasteiger partial charge in [-0.2, -0.15) is 0 Å². The molecule has 0 bridgehead atoms. The maximum absolute atomic E-state index is 12.1. The molecule has 0 saturated heterocycles.